The van der Waals surface area contributed by atoms with E-state index in [2.05, 4.69) is 10.6 Å². The Morgan fingerprint density at radius 1 is 1.00 bits per heavy atom. The van der Waals surface area contributed by atoms with Gasteiger partial charge in [0.05, 0.1) is 19.0 Å². The maximum Gasteiger partial charge on any atom is 0.287 e. The smallest absolute Gasteiger partial charge is 0.287 e. The van der Waals surface area contributed by atoms with Crippen LogP contribution in [0.1, 0.15) is 28.4 Å². The second kappa shape index (κ2) is 9.05. The van der Waals surface area contributed by atoms with Crippen LogP contribution in [-0.2, 0) is 4.79 Å². The van der Waals surface area contributed by atoms with Crippen molar-refractivity contribution in [3.63, 3.8) is 0 Å². The Balaban J connectivity index is 2.07. The summed E-state index contributed by atoms with van der Waals surface area (Å²) in [5.74, 6) is -4.40. The van der Waals surface area contributed by atoms with Gasteiger partial charge in [-0.1, -0.05) is 48.5 Å². The fraction of sp³-hybridized carbons (Fsp3) is 0.263. The van der Waals surface area contributed by atoms with Crippen molar-refractivity contribution in [3.05, 3.63) is 71.8 Å². The highest BCUT2D eigenvalue weighted by atomic mass is 19.3. The van der Waals surface area contributed by atoms with Crippen LogP contribution in [0.5, 0.6) is 0 Å². The Bertz CT molecular complexity index is 724. The summed E-state index contributed by atoms with van der Waals surface area (Å²) in [6, 6.07) is 16.6. The van der Waals surface area contributed by atoms with Gasteiger partial charge in [-0.2, -0.15) is 0 Å². The number of benzene rings is 2. The Morgan fingerprint density at radius 3 is 2.15 bits per heavy atom. The number of hydrogen-bond acceptors (Lipinski definition) is 3. The summed E-state index contributed by atoms with van der Waals surface area (Å²) in [5.41, 5.74) is 1.11. The second-order valence-corrected chi connectivity index (χ2v) is 5.80. The Hall–Kier alpha value is -2.80. The fourth-order valence-corrected chi connectivity index (χ4v) is 2.31. The predicted molar refractivity (Wildman–Crippen MR) is 92.8 cm³/mol. The quantitative estimate of drug-likeness (QED) is 0.674. The van der Waals surface area contributed by atoms with Gasteiger partial charge in [0.25, 0.3) is 11.8 Å². The molecule has 0 bridgehead atoms. The fourth-order valence-electron chi connectivity index (χ4n) is 2.31. The van der Waals surface area contributed by atoms with E-state index in [9.17, 15) is 18.4 Å². The Labute approximate surface area is 150 Å². The lowest BCUT2D eigenvalue weighted by molar-refractivity contribution is -0.124. The molecule has 2 amide bonds. The number of nitrogens with one attached hydrogen (secondary N) is 2. The molecule has 138 valence electrons. The average molecular weight is 362 g/mol. The van der Waals surface area contributed by atoms with Crippen LogP contribution in [0.3, 0.4) is 0 Å². The van der Waals surface area contributed by atoms with Crippen molar-refractivity contribution in [3.8, 4) is 0 Å². The Kier molecular flexibility index (Phi) is 6.80. The minimum absolute atomic E-state index is 0.204. The van der Waals surface area contributed by atoms with Gasteiger partial charge < -0.3 is 15.7 Å². The van der Waals surface area contributed by atoms with Gasteiger partial charge >= 0.3 is 0 Å². The lowest BCUT2D eigenvalue weighted by atomic mass is 10.0. The Morgan fingerprint density at radius 2 is 1.58 bits per heavy atom. The molecule has 5 nitrogen and oxygen atoms in total. The van der Waals surface area contributed by atoms with Gasteiger partial charge in [0.2, 0.25) is 5.91 Å². The van der Waals surface area contributed by atoms with Gasteiger partial charge in [0.15, 0.2) is 0 Å². The first-order chi connectivity index (χ1) is 12.4. The zero-order valence-corrected chi connectivity index (χ0v) is 14.0. The molecule has 0 saturated carbocycles. The van der Waals surface area contributed by atoms with Gasteiger partial charge in [-0.3, -0.25) is 9.59 Å². The number of carbonyl (C=O) groups excluding carboxylic acids is 2. The van der Waals surface area contributed by atoms with Crippen molar-refractivity contribution in [1.29, 1.82) is 0 Å². The number of carbonyl (C=O) groups is 2. The first kappa shape index (κ1) is 19.5. The van der Waals surface area contributed by atoms with E-state index in [-0.39, 0.29) is 12.3 Å². The third-order valence-electron chi connectivity index (χ3n) is 3.71. The van der Waals surface area contributed by atoms with Crippen molar-refractivity contribution < 1.29 is 23.5 Å². The van der Waals surface area contributed by atoms with Crippen molar-refractivity contribution in [1.82, 2.24) is 10.6 Å². The number of aliphatic hydroxyl groups is 1. The molecule has 0 unspecified atom stereocenters. The van der Waals surface area contributed by atoms with Crippen LogP contribution in [0.15, 0.2) is 60.7 Å². The van der Waals surface area contributed by atoms with E-state index in [0.29, 0.717) is 11.1 Å². The molecule has 0 aliphatic heterocycles. The number of amides is 2. The van der Waals surface area contributed by atoms with E-state index in [1.54, 1.807) is 60.7 Å². The summed E-state index contributed by atoms with van der Waals surface area (Å²) in [7, 11) is 0. The predicted octanol–water partition coefficient (Wildman–Crippen LogP) is 2.29. The molecule has 0 aromatic heterocycles. The number of rotatable bonds is 8. The third kappa shape index (κ3) is 5.93. The standard InChI is InChI=1S/C19H20F2N2O3/c20-19(21,13-24)12-22-17(25)11-16(14-7-3-1-4-8-14)23-18(26)15-9-5-2-6-10-15/h1-10,16,24H,11-13H2,(H,22,25)(H,23,26)/t16-/m0/s1. The molecule has 1 atom stereocenters. The maximum absolute atomic E-state index is 13.1. The normalized spacial score (nSPS) is 12.3. The van der Waals surface area contributed by atoms with Crippen LogP contribution >= 0.6 is 0 Å². The van der Waals surface area contributed by atoms with Gasteiger partial charge in [0.1, 0.15) is 6.61 Å². The molecule has 2 rings (SSSR count). The largest absolute Gasteiger partial charge is 0.390 e. The minimum Gasteiger partial charge on any atom is -0.390 e. The zero-order valence-electron chi connectivity index (χ0n) is 14.0. The van der Waals surface area contributed by atoms with E-state index >= 15 is 0 Å². The molecule has 3 N–H and O–H groups in total. The van der Waals surface area contributed by atoms with Crippen LogP contribution in [-0.4, -0.2) is 36.0 Å². The van der Waals surface area contributed by atoms with Crippen molar-refractivity contribution in [2.45, 2.75) is 18.4 Å². The summed E-state index contributed by atoms with van der Waals surface area (Å²) >= 11 is 0. The van der Waals surface area contributed by atoms with Crippen molar-refractivity contribution in [2.75, 3.05) is 13.2 Å². The summed E-state index contributed by atoms with van der Waals surface area (Å²) in [4.78, 5) is 24.4. The SMILES string of the molecule is O=C(C[C@H](NC(=O)c1ccccc1)c1ccccc1)NCC(F)(F)CO. The number of alkyl halides is 2. The van der Waals surface area contributed by atoms with Gasteiger partial charge in [-0.05, 0) is 17.7 Å². The van der Waals surface area contributed by atoms with E-state index in [1.807, 2.05) is 0 Å². The first-order valence-corrected chi connectivity index (χ1v) is 8.07. The molecular formula is C19H20F2N2O3. The van der Waals surface area contributed by atoms with E-state index in [0.717, 1.165) is 0 Å². The van der Waals surface area contributed by atoms with Gasteiger partial charge in [0, 0.05) is 5.56 Å². The van der Waals surface area contributed by atoms with Crippen LogP contribution in [0.4, 0.5) is 8.78 Å². The van der Waals surface area contributed by atoms with E-state index in [4.69, 9.17) is 5.11 Å². The first-order valence-electron chi connectivity index (χ1n) is 8.07. The number of hydrogen-bond donors (Lipinski definition) is 3. The summed E-state index contributed by atoms with van der Waals surface area (Å²) in [6.07, 6.45) is -0.204. The highest BCUT2D eigenvalue weighted by Crippen LogP contribution is 2.18. The van der Waals surface area contributed by atoms with Gasteiger partial charge in [-0.25, -0.2) is 8.78 Å². The van der Waals surface area contributed by atoms with Crippen LogP contribution in [0, 0.1) is 0 Å². The molecule has 2 aromatic carbocycles. The monoisotopic (exact) mass is 362 g/mol. The topological polar surface area (TPSA) is 78.4 Å². The van der Waals surface area contributed by atoms with E-state index in [1.165, 1.54) is 0 Å². The lowest BCUT2D eigenvalue weighted by Gasteiger charge is -2.20. The van der Waals surface area contributed by atoms with Crippen molar-refractivity contribution in [2.24, 2.45) is 0 Å². The van der Waals surface area contributed by atoms with Crippen LogP contribution < -0.4 is 10.6 Å². The average Bonchev–Trinajstić information content (AvgIpc) is 2.67. The van der Waals surface area contributed by atoms with Crippen LogP contribution in [0.25, 0.3) is 0 Å². The number of aliphatic hydroxyl groups excluding tert-OH is 1. The maximum atomic E-state index is 13.1. The molecule has 0 spiro atoms. The zero-order chi connectivity index (χ0) is 19.0. The molecule has 0 fully saturated rings. The third-order valence-corrected chi connectivity index (χ3v) is 3.71. The molecule has 7 heteroatoms. The van der Waals surface area contributed by atoms with Crippen LogP contribution in [0.2, 0.25) is 0 Å². The van der Waals surface area contributed by atoms with Crippen molar-refractivity contribution >= 4 is 11.8 Å². The molecule has 0 heterocycles. The molecule has 0 saturated heterocycles. The molecule has 2 aromatic rings. The summed E-state index contributed by atoms with van der Waals surface area (Å²) < 4.78 is 26.1. The van der Waals surface area contributed by atoms with Gasteiger partial charge in [-0.15, -0.1) is 0 Å². The molecule has 0 aliphatic rings. The second-order valence-electron chi connectivity index (χ2n) is 5.80. The highest BCUT2D eigenvalue weighted by molar-refractivity contribution is 5.94. The number of halogens is 2. The molecule has 0 radical (unpaired) electrons. The lowest BCUT2D eigenvalue weighted by Crippen LogP contribution is -2.40. The van der Waals surface area contributed by atoms with E-state index < -0.39 is 31.0 Å². The highest BCUT2D eigenvalue weighted by Gasteiger charge is 2.29. The molecular weight excluding hydrogens is 342 g/mol. The summed E-state index contributed by atoms with van der Waals surface area (Å²) in [6.45, 7) is -2.31. The summed E-state index contributed by atoms with van der Waals surface area (Å²) in [5, 5.41) is 13.4. The minimum atomic E-state index is -3.38. The molecule has 26 heavy (non-hydrogen) atoms. The molecule has 0 aliphatic carbocycles.